The van der Waals surface area contributed by atoms with Crippen molar-refractivity contribution in [1.82, 2.24) is 4.90 Å². The number of carbonyl (C=O) groups is 1. The number of hydrogen-bond acceptors (Lipinski definition) is 1. The lowest BCUT2D eigenvalue weighted by Gasteiger charge is -2.28. The molecule has 1 aromatic carbocycles. The summed E-state index contributed by atoms with van der Waals surface area (Å²) in [6.45, 7) is 7.19. The lowest BCUT2D eigenvalue weighted by Crippen LogP contribution is -2.40. The Balaban J connectivity index is 2.16. The highest BCUT2D eigenvalue weighted by atomic mass is 35.5. The van der Waals surface area contributed by atoms with Crippen LogP contribution in [0.25, 0.3) is 0 Å². The fourth-order valence-electron chi connectivity index (χ4n) is 3.04. The maximum Gasteiger partial charge on any atom is 0.254 e. The summed E-state index contributed by atoms with van der Waals surface area (Å²) < 4.78 is 0. The molecule has 0 saturated heterocycles. The predicted octanol–water partition coefficient (Wildman–Crippen LogP) is 4.61. The fraction of sp³-hybridized carbons (Fsp3) is 0.611. The number of amides is 1. The molecule has 3 heteroatoms. The molecule has 2 rings (SSSR count). The van der Waals surface area contributed by atoms with E-state index in [4.69, 9.17) is 11.6 Å². The number of carbonyl (C=O) groups excluding carboxylic acids is 1. The van der Waals surface area contributed by atoms with E-state index in [-0.39, 0.29) is 11.3 Å². The first-order chi connectivity index (χ1) is 9.93. The Morgan fingerprint density at radius 1 is 1.19 bits per heavy atom. The molecule has 0 radical (unpaired) electrons. The van der Waals surface area contributed by atoms with Crippen molar-refractivity contribution in [2.45, 2.75) is 57.9 Å². The highest BCUT2D eigenvalue weighted by Gasteiger charge is 2.27. The van der Waals surface area contributed by atoms with Crippen LogP contribution in [0.2, 0.25) is 0 Å². The summed E-state index contributed by atoms with van der Waals surface area (Å²) >= 11 is 5.90. The van der Waals surface area contributed by atoms with Gasteiger partial charge in [-0.25, -0.2) is 0 Å². The van der Waals surface area contributed by atoms with Crippen molar-refractivity contribution in [3.05, 3.63) is 35.4 Å². The van der Waals surface area contributed by atoms with Crippen molar-refractivity contribution in [3.8, 4) is 0 Å². The third-order valence-corrected chi connectivity index (χ3v) is 4.52. The van der Waals surface area contributed by atoms with E-state index < -0.39 is 0 Å². The van der Waals surface area contributed by atoms with Crippen LogP contribution >= 0.6 is 11.6 Å². The number of nitrogens with zero attached hydrogens (tertiary/aromatic N) is 1. The predicted molar refractivity (Wildman–Crippen MR) is 89.2 cm³/mol. The van der Waals surface area contributed by atoms with E-state index in [1.165, 1.54) is 18.4 Å². The number of hydrogen-bond donors (Lipinski definition) is 0. The smallest absolute Gasteiger partial charge is 0.254 e. The summed E-state index contributed by atoms with van der Waals surface area (Å²) in [7, 11) is 0. The van der Waals surface area contributed by atoms with Crippen LogP contribution in [-0.4, -0.2) is 29.3 Å². The van der Waals surface area contributed by atoms with Crippen LogP contribution in [0.1, 0.15) is 62.4 Å². The highest BCUT2D eigenvalue weighted by Crippen LogP contribution is 2.26. The Labute approximate surface area is 133 Å². The van der Waals surface area contributed by atoms with Crippen LogP contribution in [0.5, 0.6) is 0 Å². The van der Waals surface area contributed by atoms with Gasteiger partial charge < -0.3 is 4.90 Å². The van der Waals surface area contributed by atoms with E-state index >= 15 is 0 Å². The van der Waals surface area contributed by atoms with Crippen molar-refractivity contribution in [2.24, 2.45) is 0 Å². The molecule has 1 aromatic rings. The molecule has 0 unspecified atom stereocenters. The van der Waals surface area contributed by atoms with Crippen LogP contribution in [-0.2, 0) is 5.41 Å². The lowest BCUT2D eigenvalue weighted by molar-refractivity contribution is 0.0695. The average molecular weight is 308 g/mol. The molecule has 1 fully saturated rings. The first-order valence-corrected chi connectivity index (χ1v) is 8.44. The summed E-state index contributed by atoms with van der Waals surface area (Å²) in [5.74, 6) is 0.630. The van der Waals surface area contributed by atoms with Crippen molar-refractivity contribution in [3.63, 3.8) is 0 Å². The molecule has 1 aliphatic carbocycles. The second kappa shape index (κ2) is 6.83. The zero-order valence-electron chi connectivity index (χ0n) is 13.4. The van der Waals surface area contributed by atoms with Crippen LogP contribution in [0.15, 0.2) is 24.3 Å². The van der Waals surface area contributed by atoms with Gasteiger partial charge in [0, 0.05) is 24.0 Å². The molecule has 21 heavy (non-hydrogen) atoms. The van der Waals surface area contributed by atoms with Crippen molar-refractivity contribution in [1.29, 1.82) is 0 Å². The molecule has 2 nitrogen and oxygen atoms in total. The van der Waals surface area contributed by atoms with Gasteiger partial charge in [0.15, 0.2) is 0 Å². The van der Waals surface area contributed by atoms with Gasteiger partial charge in [-0.3, -0.25) is 4.79 Å². The van der Waals surface area contributed by atoms with E-state index in [2.05, 4.69) is 32.9 Å². The summed E-state index contributed by atoms with van der Waals surface area (Å²) in [6, 6.07) is 8.43. The summed E-state index contributed by atoms with van der Waals surface area (Å²) in [4.78, 5) is 14.7. The summed E-state index contributed by atoms with van der Waals surface area (Å²) in [6.07, 6.45) is 4.67. The van der Waals surface area contributed by atoms with E-state index in [1.807, 2.05) is 17.0 Å². The van der Waals surface area contributed by atoms with Gasteiger partial charge >= 0.3 is 0 Å². The Morgan fingerprint density at radius 3 is 2.24 bits per heavy atom. The Bertz CT molecular complexity index is 469. The molecule has 0 N–H and O–H groups in total. The van der Waals surface area contributed by atoms with Gasteiger partial charge in [0.1, 0.15) is 0 Å². The standard InChI is InChI=1S/C18H26ClNO/c1-18(2,3)15-10-8-14(9-11-15)17(21)20(13-12-19)16-6-4-5-7-16/h8-11,16H,4-7,12-13H2,1-3H3. The van der Waals surface area contributed by atoms with Crippen molar-refractivity contribution >= 4 is 17.5 Å². The van der Waals surface area contributed by atoms with E-state index in [0.29, 0.717) is 18.5 Å². The zero-order chi connectivity index (χ0) is 15.5. The normalized spacial score (nSPS) is 16.2. The SMILES string of the molecule is CC(C)(C)c1ccc(C(=O)N(CCCl)C2CCCC2)cc1. The Kier molecular flexibility index (Phi) is 5.32. The van der Waals surface area contributed by atoms with Gasteiger partial charge in [-0.15, -0.1) is 11.6 Å². The van der Waals surface area contributed by atoms with Gasteiger partial charge in [-0.2, -0.15) is 0 Å². The van der Waals surface area contributed by atoms with E-state index in [1.54, 1.807) is 0 Å². The molecule has 0 aromatic heterocycles. The van der Waals surface area contributed by atoms with Crippen LogP contribution in [0.3, 0.4) is 0 Å². The minimum Gasteiger partial charge on any atom is -0.334 e. The Hall–Kier alpha value is -1.02. The van der Waals surface area contributed by atoms with Gasteiger partial charge in [-0.05, 0) is 36.0 Å². The van der Waals surface area contributed by atoms with Crippen LogP contribution < -0.4 is 0 Å². The molecule has 1 saturated carbocycles. The molecule has 0 bridgehead atoms. The highest BCUT2D eigenvalue weighted by molar-refractivity contribution is 6.18. The second-order valence-electron chi connectivity index (χ2n) is 6.95. The van der Waals surface area contributed by atoms with E-state index in [9.17, 15) is 4.79 Å². The largest absolute Gasteiger partial charge is 0.334 e. The van der Waals surface area contributed by atoms with Crippen molar-refractivity contribution in [2.75, 3.05) is 12.4 Å². The number of alkyl halides is 1. The molecule has 0 heterocycles. The number of halogens is 1. The molecular formula is C18H26ClNO. The maximum absolute atomic E-state index is 12.8. The van der Waals surface area contributed by atoms with Gasteiger partial charge in [0.25, 0.3) is 5.91 Å². The maximum atomic E-state index is 12.8. The van der Waals surface area contributed by atoms with Crippen LogP contribution in [0.4, 0.5) is 0 Å². The summed E-state index contributed by atoms with van der Waals surface area (Å²) in [5.41, 5.74) is 2.15. The molecule has 0 aliphatic heterocycles. The molecular weight excluding hydrogens is 282 g/mol. The van der Waals surface area contributed by atoms with Crippen molar-refractivity contribution < 1.29 is 4.79 Å². The van der Waals surface area contributed by atoms with Crippen LogP contribution in [0, 0.1) is 0 Å². The first kappa shape index (κ1) is 16.4. The first-order valence-electron chi connectivity index (χ1n) is 7.91. The molecule has 1 amide bonds. The molecule has 1 aliphatic rings. The quantitative estimate of drug-likeness (QED) is 0.744. The fourth-order valence-corrected chi connectivity index (χ4v) is 3.22. The number of benzene rings is 1. The minimum atomic E-state index is 0.114. The topological polar surface area (TPSA) is 20.3 Å². The molecule has 116 valence electrons. The third kappa shape index (κ3) is 4.00. The zero-order valence-corrected chi connectivity index (χ0v) is 14.1. The Morgan fingerprint density at radius 2 is 1.76 bits per heavy atom. The second-order valence-corrected chi connectivity index (χ2v) is 7.33. The van der Waals surface area contributed by atoms with E-state index in [0.717, 1.165) is 18.4 Å². The van der Waals surface area contributed by atoms with Gasteiger partial charge in [-0.1, -0.05) is 45.7 Å². The molecule has 0 atom stereocenters. The molecule has 0 spiro atoms. The van der Waals surface area contributed by atoms with Gasteiger partial charge in [0.05, 0.1) is 0 Å². The monoisotopic (exact) mass is 307 g/mol. The third-order valence-electron chi connectivity index (χ3n) is 4.35. The summed E-state index contributed by atoms with van der Waals surface area (Å²) in [5, 5.41) is 0. The minimum absolute atomic E-state index is 0.114. The lowest BCUT2D eigenvalue weighted by atomic mass is 9.86. The van der Waals surface area contributed by atoms with Gasteiger partial charge in [0.2, 0.25) is 0 Å². The average Bonchev–Trinajstić information content (AvgIpc) is 2.97. The number of rotatable bonds is 4.